The van der Waals surface area contributed by atoms with E-state index in [0.29, 0.717) is 5.69 Å². The number of amides is 1. The summed E-state index contributed by atoms with van der Waals surface area (Å²) < 4.78 is 37.2. The number of carbonyl (C=O) groups is 1. The molecule has 9 heteroatoms. The van der Waals surface area contributed by atoms with Gasteiger partial charge in [-0.1, -0.05) is 0 Å². The Kier molecular flexibility index (Phi) is 3.59. The smallest absolute Gasteiger partial charge is 0.320 e. The lowest BCUT2D eigenvalue weighted by Crippen LogP contribution is -2.18. The first-order chi connectivity index (χ1) is 9.38. The van der Waals surface area contributed by atoms with Crippen LogP contribution >= 0.6 is 0 Å². The summed E-state index contributed by atoms with van der Waals surface area (Å²) in [6.07, 6.45) is -1.13. The lowest BCUT2D eigenvalue weighted by Gasteiger charge is -2.09. The van der Waals surface area contributed by atoms with Crippen LogP contribution in [0.2, 0.25) is 0 Å². The second-order valence-corrected chi connectivity index (χ2v) is 3.78. The molecule has 0 atom stereocenters. The zero-order valence-corrected chi connectivity index (χ0v) is 10.1. The van der Waals surface area contributed by atoms with Gasteiger partial charge in [0.15, 0.2) is 0 Å². The molecule has 104 valence electrons. The Labute approximate surface area is 111 Å². The Morgan fingerprint density at radius 3 is 2.55 bits per heavy atom. The van der Waals surface area contributed by atoms with Crippen LogP contribution in [0.4, 0.5) is 18.9 Å². The number of hydrogen-bond donors (Lipinski definition) is 1. The van der Waals surface area contributed by atoms with E-state index in [1.165, 1.54) is 25.4 Å². The molecule has 0 aromatic carbocycles. The van der Waals surface area contributed by atoms with Gasteiger partial charge in [0.1, 0.15) is 0 Å². The number of anilines is 1. The molecule has 2 aromatic heterocycles. The molecule has 0 saturated carbocycles. The van der Waals surface area contributed by atoms with Crippen LogP contribution in [0.25, 0.3) is 0 Å². The highest BCUT2D eigenvalue weighted by atomic mass is 19.4. The first kappa shape index (κ1) is 13.8. The Hall–Kier alpha value is -2.58. The van der Waals surface area contributed by atoms with Gasteiger partial charge in [-0.25, -0.2) is 9.97 Å². The number of hydrogen-bond acceptors (Lipinski definition) is 5. The maximum absolute atomic E-state index is 12.4. The predicted molar refractivity (Wildman–Crippen MR) is 61.8 cm³/mol. The maximum Gasteiger partial charge on any atom is 0.451 e. The number of alkyl halides is 3. The van der Waals surface area contributed by atoms with Crippen molar-refractivity contribution in [3.63, 3.8) is 0 Å². The Bertz CT molecular complexity index is 630. The third-order valence-electron chi connectivity index (χ3n) is 2.32. The van der Waals surface area contributed by atoms with Gasteiger partial charge in [0.05, 0.1) is 29.3 Å². The Morgan fingerprint density at radius 1 is 1.25 bits per heavy atom. The molecule has 0 aliphatic carbocycles. The summed E-state index contributed by atoms with van der Waals surface area (Å²) in [5, 5.41) is 9.54. The minimum Gasteiger partial charge on any atom is -0.320 e. The molecule has 1 amide bonds. The molecule has 0 aliphatic rings. The van der Waals surface area contributed by atoms with Crippen molar-refractivity contribution < 1.29 is 18.0 Å². The molecule has 0 unspecified atom stereocenters. The molecule has 0 spiro atoms. The lowest BCUT2D eigenvalue weighted by molar-refractivity contribution is -0.145. The van der Waals surface area contributed by atoms with Crippen LogP contribution in [0.3, 0.4) is 0 Å². The minimum atomic E-state index is -4.64. The van der Waals surface area contributed by atoms with Gasteiger partial charge < -0.3 is 5.32 Å². The van der Waals surface area contributed by atoms with Crippen LogP contribution in [0.1, 0.15) is 21.9 Å². The topological polar surface area (TPSA) is 80.7 Å². The van der Waals surface area contributed by atoms with Crippen molar-refractivity contribution in [3.8, 4) is 0 Å². The fraction of sp³-hybridized carbons (Fsp3) is 0.182. The molecule has 20 heavy (non-hydrogen) atoms. The maximum atomic E-state index is 12.4. The van der Waals surface area contributed by atoms with Crippen molar-refractivity contribution in [1.82, 2.24) is 20.2 Å². The highest BCUT2D eigenvalue weighted by Gasteiger charge is 2.35. The Balaban J connectivity index is 2.23. The van der Waals surface area contributed by atoms with Gasteiger partial charge in [-0.15, -0.1) is 0 Å². The average Bonchev–Trinajstić information content (AvgIpc) is 2.38. The van der Waals surface area contributed by atoms with Crippen LogP contribution in [0.5, 0.6) is 0 Å². The summed E-state index contributed by atoms with van der Waals surface area (Å²) in [4.78, 5) is 18.3. The molecule has 0 bridgehead atoms. The molecule has 0 aliphatic heterocycles. The molecule has 6 nitrogen and oxygen atoms in total. The first-order valence-corrected chi connectivity index (χ1v) is 5.37. The van der Waals surface area contributed by atoms with Crippen LogP contribution in [0.15, 0.2) is 24.7 Å². The molecular formula is C11H8F3N5O. The second kappa shape index (κ2) is 5.19. The lowest BCUT2D eigenvalue weighted by atomic mass is 10.2. The van der Waals surface area contributed by atoms with Gasteiger partial charge >= 0.3 is 6.18 Å². The number of nitrogens with one attached hydrogen (secondary N) is 1. The van der Waals surface area contributed by atoms with Crippen molar-refractivity contribution in [2.24, 2.45) is 0 Å². The van der Waals surface area contributed by atoms with Crippen LogP contribution in [-0.2, 0) is 6.18 Å². The zero-order valence-electron chi connectivity index (χ0n) is 10.1. The van der Waals surface area contributed by atoms with Crippen molar-refractivity contribution in [1.29, 1.82) is 0 Å². The molecule has 1 N–H and O–H groups in total. The number of rotatable bonds is 2. The van der Waals surface area contributed by atoms with E-state index < -0.39 is 17.9 Å². The summed E-state index contributed by atoms with van der Waals surface area (Å²) >= 11 is 0. The SMILES string of the molecule is Cc1nc(C(F)(F)F)ncc1C(=O)Nc1ccnnc1. The molecule has 2 rings (SSSR count). The summed E-state index contributed by atoms with van der Waals surface area (Å²) in [5.74, 6) is -1.90. The fourth-order valence-electron chi connectivity index (χ4n) is 1.39. The number of aromatic nitrogens is 4. The van der Waals surface area contributed by atoms with Gasteiger partial charge in [0.2, 0.25) is 5.82 Å². The normalized spacial score (nSPS) is 11.2. The summed E-state index contributed by atoms with van der Waals surface area (Å²) in [7, 11) is 0. The number of halogens is 3. The van der Waals surface area contributed by atoms with E-state index in [1.54, 1.807) is 0 Å². The molecule has 0 saturated heterocycles. The average molecular weight is 283 g/mol. The van der Waals surface area contributed by atoms with Crippen LogP contribution in [-0.4, -0.2) is 26.1 Å². The van der Waals surface area contributed by atoms with E-state index in [1.807, 2.05) is 0 Å². The molecule has 0 radical (unpaired) electrons. The highest BCUT2D eigenvalue weighted by Crippen LogP contribution is 2.26. The van der Waals surface area contributed by atoms with E-state index >= 15 is 0 Å². The van der Waals surface area contributed by atoms with E-state index in [2.05, 4.69) is 25.5 Å². The molecule has 2 aromatic rings. The summed E-state index contributed by atoms with van der Waals surface area (Å²) in [6, 6.07) is 1.49. The first-order valence-electron chi connectivity index (χ1n) is 5.37. The summed E-state index contributed by atoms with van der Waals surface area (Å²) in [5.41, 5.74) is 0.256. The predicted octanol–water partition coefficient (Wildman–Crippen LogP) is 1.85. The van der Waals surface area contributed by atoms with Gasteiger partial charge in [-0.05, 0) is 13.0 Å². The van der Waals surface area contributed by atoms with Crippen LogP contribution < -0.4 is 5.32 Å². The fourth-order valence-corrected chi connectivity index (χ4v) is 1.39. The van der Waals surface area contributed by atoms with E-state index in [4.69, 9.17) is 0 Å². The molecule has 2 heterocycles. The largest absolute Gasteiger partial charge is 0.451 e. The van der Waals surface area contributed by atoms with Crippen LogP contribution in [0, 0.1) is 6.92 Å². The van der Waals surface area contributed by atoms with Gasteiger partial charge in [0.25, 0.3) is 5.91 Å². The Morgan fingerprint density at radius 2 is 2.00 bits per heavy atom. The number of nitrogens with zero attached hydrogens (tertiary/aromatic N) is 4. The van der Waals surface area contributed by atoms with E-state index in [0.717, 1.165) is 6.20 Å². The second-order valence-electron chi connectivity index (χ2n) is 3.78. The van der Waals surface area contributed by atoms with Crippen molar-refractivity contribution >= 4 is 11.6 Å². The summed E-state index contributed by atoms with van der Waals surface area (Å²) in [6.45, 7) is 1.30. The van der Waals surface area contributed by atoms with E-state index in [9.17, 15) is 18.0 Å². The van der Waals surface area contributed by atoms with Crippen molar-refractivity contribution in [2.45, 2.75) is 13.1 Å². The van der Waals surface area contributed by atoms with Crippen molar-refractivity contribution in [2.75, 3.05) is 5.32 Å². The number of aryl methyl sites for hydroxylation is 1. The highest BCUT2D eigenvalue weighted by molar-refractivity contribution is 6.04. The third kappa shape index (κ3) is 3.05. The number of carbonyl (C=O) groups excluding carboxylic acids is 1. The van der Waals surface area contributed by atoms with Gasteiger partial charge in [-0.2, -0.15) is 23.4 Å². The van der Waals surface area contributed by atoms with Gasteiger partial charge in [-0.3, -0.25) is 4.79 Å². The standard InChI is InChI=1S/C11H8F3N5O/c1-6-8(5-15-10(18-6)11(12,13)14)9(20)19-7-2-3-16-17-4-7/h2-5H,1H3,(H,16,19,20). The van der Waals surface area contributed by atoms with Crippen molar-refractivity contribution in [3.05, 3.63) is 41.7 Å². The minimum absolute atomic E-state index is 0.0465. The zero-order chi connectivity index (χ0) is 14.8. The van der Waals surface area contributed by atoms with E-state index in [-0.39, 0.29) is 11.3 Å². The quantitative estimate of drug-likeness (QED) is 0.909. The molecular weight excluding hydrogens is 275 g/mol. The monoisotopic (exact) mass is 283 g/mol. The van der Waals surface area contributed by atoms with Gasteiger partial charge in [0, 0.05) is 6.20 Å². The third-order valence-corrected chi connectivity index (χ3v) is 2.32. The molecule has 0 fully saturated rings.